The van der Waals surface area contributed by atoms with Crippen LogP contribution >= 0.6 is 47.8 Å². The van der Waals surface area contributed by atoms with Crippen molar-refractivity contribution in [3.63, 3.8) is 0 Å². The molecular formula is C14H7Br3N2O3. The Morgan fingerprint density at radius 2 is 1.95 bits per heavy atom. The number of nitrogens with zero attached hydrogens (tertiary/aromatic N) is 1. The highest BCUT2D eigenvalue weighted by atomic mass is 79.9. The fourth-order valence-corrected chi connectivity index (χ4v) is 2.75. The summed E-state index contributed by atoms with van der Waals surface area (Å²) in [5.74, 6) is 0.243. The predicted molar refractivity (Wildman–Crippen MR) is 93.1 cm³/mol. The lowest BCUT2D eigenvalue weighted by Crippen LogP contribution is -2.16. The molecule has 22 heavy (non-hydrogen) atoms. The lowest BCUT2D eigenvalue weighted by Gasteiger charge is -1.93. The molecule has 0 unspecified atom stereocenters. The quantitative estimate of drug-likeness (QED) is 0.411. The number of hydrazone groups is 1. The number of nitrogens with one attached hydrogen (secondary N) is 1. The lowest BCUT2D eigenvalue weighted by molar-refractivity contribution is 0.0929. The van der Waals surface area contributed by atoms with Gasteiger partial charge < -0.3 is 8.83 Å². The summed E-state index contributed by atoms with van der Waals surface area (Å²) in [7, 11) is 0. The number of carbonyl (C=O) groups excluding carboxylic acids is 1. The van der Waals surface area contributed by atoms with E-state index in [1.165, 1.54) is 6.21 Å². The summed E-state index contributed by atoms with van der Waals surface area (Å²) in [6.45, 7) is 0. The van der Waals surface area contributed by atoms with Crippen molar-refractivity contribution in [2.75, 3.05) is 0 Å². The van der Waals surface area contributed by atoms with Gasteiger partial charge in [-0.2, -0.15) is 5.10 Å². The summed E-state index contributed by atoms with van der Waals surface area (Å²) >= 11 is 9.88. The smallest absolute Gasteiger partial charge is 0.307 e. The van der Waals surface area contributed by atoms with Crippen molar-refractivity contribution in [1.29, 1.82) is 0 Å². The number of hydrogen-bond acceptors (Lipinski definition) is 4. The zero-order valence-corrected chi connectivity index (χ0v) is 15.5. The second-order valence-corrected chi connectivity index (χ2v) is 6.75. The number of rotatable bonds is 3. The molecule has 0 atom stereocenters. The van der Waals surface area contributed by atoms with Gasteiger partial charge in [0, 0.05) is 15.9 Å². The van der Waals surface area contributed by atoms with Crippen LogP contribution in [0, 0.1) is 0 Å². The molecule has 8 heteroatoms. The number of amides is 1. The first-order valence-corrected chi connectivity index (χ1v) is 8.38. The van der Waals surface area contributed by atoms with Crippen molar-refractivity contribution in [1.82, 2.24) is 5.43 Å². The van der Waals surface area contributed by atoms with Crippen LogP contribution < -0.4 is 5.43 Å². The number of benzene rings is 1. The van der Waals surface area contributed by atoms with E-state index in [2.05, 4.69) is 58.3 Å². The van der Waals surface area contributed by atoms with Gasteiger partial charge in [-0.05, 0) is 56.1 Å². The SMILES string of the molecule is O=C(N/N=C/c1cc(Br)c(Br)o1)c1cc2cc(Br)ccc2o1. The molecule has 0 fully saturated rings. The Labute approximate surface area is 150 Å². The highest BCUT2D eigenvalue weighted by molar-refractivity contribution is 9.13. The number of fused-ring (bicyclic) bond motifs is 1. The molecule has 2 aromatic heterocycles. The minimum atomic E-state index is -0.437. The van der Waals surface area contributed by atoms with Crippen LogP contribution in [-0.2, 0) is 0 Å². The van der Waals surface area contributed by atoms with Gasteiger partial charge in [0.25, 0.3) is 0 Å². The summed E-state index contributed by atoms with van der Waals surface area (Å²) in [4.78, 5) is 12.0. The van der Waals surface area contributed by atoms with E-state index in [0.29, 0.717) is 16.0 Å². The zero-order valence-electron chi connectivity index (χ0n) is 10.8. The fourth-order valence-electron chi connectivity index (χ4n) is 1.76. The summed E-state index contributed by atoms with van der Waals surface area (Å²) < 4.78 is 13.0. The van der Waals surface area contributed by atoms with Crippen LogP contribution in [0.3, 0.4) is 0 Å². The van der Waals surface area contributed by atoms with Gasteiger partial charge >= 0.3 is 5.91 Å². The van der Waals surface area contributed by atoms with Crippen LogP contribution in [0.2, 0.25) is 0 Å². The van der Waals surface area contributed by atoms with E-state index in [1.54, 1.807) is 18.2 Å². The van der Waals surface area contributed by atoms with Gasteiger partial charge in [-0.25, -0.2) is 5.43 Å². The third kappa shape index (κ3) is 3.34. The van der Waals surface area contributed by atoms with Gasteiger partial charge in [0.2, 0.25) is 0 Å². The summed E-state index contributed by atoms with van der Waals surface area (Å²) in [5, 5.41) is 4.67. The minimum Gasteiger partial charge on any atom is -0.451 e. The third-order valence-corrected chi connectivity index (χ3v) is 4.93. The van der Waals surface area contributed by atoms with Gasteiger partial charge in [0.15, 0.2) is 10.4 Å². The van der Waals surface area contributed by atoms with E-state index < -0.39 is 5.91 Å². The molecule has 5 nitrogen and oxygen atoms in total. The molecule has 112 valence electrons. The van der Waals surface area contributed by atoms with Crippen LogP contribution in [0.15, 0.2) is 57.9 Å². The van der Waals surface area contributed by atoms with Crippen LogP contribution in [0.4, 0.5) is 0 Å². The summed E-state index contributed by atoms with van der Waals surface area (Å²) in [6, 6.07) is 8.88. The van der Waals surface area contributed by atoms with Crippen molar-refractivity contribution in [2.24, 2.45) is 5.10 Å². The number of furan rings is 2. The normalized spacial score (nSPS) is 11.4. The van der Waals surface area contributed by atoms with E-state index in [9.17, 15) is 4.79 Å². The second-order valence-electron chi connectivity index (χ2n) is 4.26. The Kier molecular flexibility index (Phi) is 4.51. The molecule has 0 aliphatic rings. The van der Waals surface area contributed by atoms with E-state index in [0.717, 1.165) is 14.3 Å². The Balaban J connectivity index is 1.72. The second kappa shape index (κ2) is 6.39. The van der Waals surface area contributed by atoms with Crippen molar-refractivity contribution in [2.45, 2.75) is 0 Å². The molecule has 1 amide bonds. The summed E-state index contributed by atoms with van der Waals surface area (Å²) in [6.07, 6.45) is 1.40. The van der Waals surface area contributed by atoms with Crippen molar-refractivity contribution in [3.05, 3.63) is 55.5 Å². The van der Waals surface area contributed by atoms with Gasteiger partial charge in [0.1, 0.15) is 11.3 Å². The molecule has 1 aromatic carbocycles. The first kappa shape index (κ1) is 15.5. The Morgan fingerprint density at radius 1 is 1.14 bits per heavy atom. The molecular weight excluding hydrogens is 484 g/mol. The van der Waals surface area contributed by atoms with Gasteiger partial charge in [0.05, 0.1) is 10.7 Å². The number of halogens is 3. The minimum absolute atomic E-state index is 0.187. The maximum atomic E-state index is 12.0. The van der Waals surface area contributed by atoms with E-state index in [-0.39, 0.29) is 5.76 Å². The zero-order chi connectivity index (χ0) is 15.7. The van der Waals surface area contributed by atoms with Gasteiger partial charge in [-0.1, -0.05) is 15.9 Å². The summed E-state index contributed by atoms with van der Waals surface area (Å²) in [5.41, 5.74) is 3.02. The number of hydrogen-bond donors (Lipinski definition) is 1. The molecule has 2 heterocycles. The molecule has 0 aliphatic carbocycles. The Bertz CT molecular complexity index is 863. The lowest BCUT2D eigenvalue weighted by atomic mass is 10.2. The van der Waals surface area contributed by atoms with Crippen LogP contribution in [-0.4, -0.2) is 12.1 Å². The van der Waals surface area contributed by atoms with Crippen LogP contribution in [0.5, 0.6) is 0 Å². The molecule has 0 saturated carbocycles. The maximum Gasteiger partial charge on any atom is 0.307 e. The molecule has 3 aromatic rings. The van der Waals surface area contributed by atoms with E-state index in [1.807, 2.05) is 12.1 Å². The largest absolute Gasteiger partial charge is 0.451 e. The predicted octanol–water partition coefficient (Wildman–Crippen LogP) is 5.08. The van der Waals surface area contributed by atoms with E-state index >= 15 is 0 Å². The molecule has 0 aliphatic heterocycles. The highest BCUT2D eigenvalue weighted by Gasteiger charge is 2.12. The van der Waals surface area contributed by atoms with Crippen molar-refractivity contribution in [3.8, 4) is 0 Å². The standard InChI is InChI=1S/C14H7Br3N2O3/c15-8-1-2-11-7(3-8)4-12(22-11)14(20)19-18-6-9-5-10(16)13(17)21-9/h1-6H,(H,19,20)/b18-6+. The molecule has 0 bridgehead atoms. The number of carbonyl (C=O) groups is 1. The fraction of sp³-hybridized carbons (Fsp3) is 0. The average Bonchev–Trinajstić information content (AvgIpc) is 3.02. The molecule has 0 radical (unpaired) electrons. The Morgan fingerprint density at radius 3 is 2.68 bits per heavy atom. The van der Waals surface area contributed by atoms with Crippen molar-refractivity contribution >= 4 is 70.9 Å². The molecule has 0 saturated heterocycles. The molecule has 1 N–H and O–H groups in total. The Hall–Kier alpha value is -1.38. The molecule has 0 spiro atoms. The highest BCUT2D eigenvalue weighted by Crippen LogP contribution is 2.26. The van der Waals surface area contributed by atoms with Crippen molar-refractivity contribution < 1.29 is 13.6 Å². The van der Waals surface area contributed by atoms with E-state index in [4.69, 9.17) is 8.83 Å². The van der Waals surface area contributed by atoms with Crippen LogP contribution in [0.25, 0.3) is 11.0 Å². The maximum absolute atomic E-state index is 12.0. The monoisotopic (exact) mass is 488 g/mol. The first-order chi connectivity index (χ1) is 10.5. The molecule has 3 rings (SSSR count). The first-order valence-electron chi connectivity index (χ1n) is 6.00. The average molecular weight is 491 g/mol. The van der Waals surface area contributed by atoms with Gasteiger partial charge in [-0.15, -0.1) is 0 Å². The van der Waals surface area contributed by atoms with Crippen LogP contribution in [0.1, 0.15) is 16.3 Å². The topological polar surface area (TPSA) is 67.7 Å². The van der Waals surface area contributed by atoms with Gasteiger partial charge in [-0.3, -0.25) is 4.79 Å². The third-order valence-electron chi connectivity index (χ3n) is 2.72.